The molecule has 0 saturated heterocycles. The smallest absolute Gasteiger partial charge is 0.143 e. The van der Waals surface area contributed by atoms with Crippen LogP contribution in [0.2, 0.25) is 0 Å². The van der Waals surface area contributed by atoms with E-state index in [2.05, 4.69) is 0 Å². The normalized spacial score (nSPS) is 36.4. The molecule has 2 heteroatoms. The Hall–Kier alpha value is -0.370. The number of ketones is 1. The number of carbonyl (C=O) groups is 1. The number of carbonyl (C=O) groups excluding carboxylic acids is 1. The summed E-state index contributed by atoms with van der Waals surface area (Å²) in [5.41, 5.74) is 5.36. The van der Waals surface area contributed by atoms with Gasteiger partial charge in [-0.2, -0.15) is 0 Å². The molecule has 2 nitrogen and oxygen atoms in total. The third-order valence-electron chi connectivity index (χ3n) is 4.25. The minimum Gasteiger partial charge on any atom is -0.329 e. The molecule has 80 valence electrons. The second-order valence-corrected chi connectivity index (χ2v) is 5.73. The zero-order chi connectivity index (χ0) is 10.3. The van der Waals surface area contributed by atoms with Crippen LogP contribution in [0.4, 0.5) is 0 Å². The van der Waals surface area contributed by atoms with E-state index in [9.17, 15) is 4.79 Å². The van der Waals surface area contributed by atoms with Crippen LogP contribution in [0.15, 0.2) is 0 Å². The van der Waals surface area contributed by atoms with E-state index in [1.165, 1.54) is 19.3 Å². The number of Topliss-reactive ketones (excluding diaryl/α,β-unsaturated/α-hetero) is 1. The second kappa shape index (κ2) is 3.34. The SMILES string of the molecule is CC(C)(CN)C(=O)C1CC2CCC1C2. The van der Waals surface area contributed by atoms with Gasteiger partial charge in [-0.1, -0.05) is 20.3 Å². The van der Waals surface area contributed by atoms with Gasteiger partial charge in [0.05, 0.1) is 0 Å². The Labute approximate surface area is 86.2 Å². The minimum atomic E-state index is -0.296. The molecule has 2 N–H and O–H groups in total. The largest absolute Gasteiger partial charge is 0.329 e. The van der Waals surface area contributed by atoms with Gasteiger partial charge in [0.1, 0.15) is 5.78 Å². The summed E-state index contributed by atoms with van der Waals surface area (Å²) >= 11 is 0. The molecule has 0 heterocycles. The first kappa shape index (κ1) is 10.2. The van der Waals surface area contributed by atoms with Gasteiger partial charge in [-0.15, -0.1) is 0 Å². The third kappa shape index (κ3) is 1.50. The summed E-state index contributed by atoms with van der Waals surface area (Å²) in [5.74, 6) is 2.31. The molecule has 3 unspecified atom stereocenters. The molecule has 2 aliphatic rings. The molecule has 0 spiro atoms. The van der Waals surface area contributed by atoms with Crippen LogP contribution in [0, 0.1) is 23.2 Å². The minimum absolute atomic E-state index is 0.296. The number of nitrogens with two attached hydrogens (primary N) is 1. The van der Waals surface area contributed by atoms with Crippen molar-refractivity contribution in [3.63, 3.8) is 0 Å². The van der Waals surface area contributed by atoms with Crippen LogP contribution in [-0.4, -0.2) is 12.3 Å². The summed E-state index contributed by atoms with van der Waals surface area (Å²) in [6.45, 7) is 4.46. The van der Waals surface area contributed by atoms with Gasteiger partial charge < -0.3 is 5.73 Å². The first-order valence-electron chi connectivity index (χ1n) is 5.79. The average molecular weight is 195 g/mol. The van der Waals surface area contributed by atoms with Crippen LogP contribution in [0.5, 0.6) is 0 Å². The molecule has 0 aromatic rings. The van der Waals surface area contributed by atoms with Crippen LogP contribution in [0.3, 0.4) is 0 Å². The lowest BCUT2D eigenvalue weighted by Gasteiger charge is -2.29. The monoisotopic (exact) mass is 195 g/mol. The van der Waals surface area contributed by atoms with E-state index in [1.807, 2.05) is 13.8 Å². The number of rotatable bonds is 3. The predicted octanol–water partition coefficient (Wildman–Crippen LogP) is 1.98. The number of hydrogen-bond acceptors (Lipinski definition) is 2. The van der Waals surface area contributed by atoms with E-state index in [0.717, 1.165) is 12.3 Å². The summed E-state index contributed by atoms with van der Waals surface area (Å²) < 4.78 is 0. The first-order chi connectivity index (χ1) is 6.54. The van der Waals surface area contributed by atoms with Gasteiger partial charge >= 0.3 is 0 Å². The highest BCUT2D eigenvalue weighted by Crippen LogP contribution is 2.50. The van der Waals surface area contributed by atoms with E-state index in [-0.39, 0.29) is 5.41 Å². The van der Waals surface area contributed by atoms with Crippen molar-refractivity contribution in [3.8, 4) is 0 Å². The van der Waals surface area contributed by atoms with Gasteiger partial charge in [0, 0.05) is 17.9 Å². The Kier molecular flexibility index (Phi) is 2.42. The Morgan fingerprint density at radius 2 is 2.07 bits per heavy atom. The molecule has 2 saturated carbocycles. The topological polar surface area (TPSA) is 43.1 Å². The van der Waals surface area contributed by atoms with Crippen molar-refractivity contribution >= 4 is 5.78 Å². The fourth-order valence-electron chi connectivity index (χ4n) is 3.17. The lowest BCUT2D eigenvalue weighted by molar-refractivity contribution is -0.132. The molecule has 0 aliphatic heterocycles. The van der Waals surface area contributed by atoms with Crippen molar-refractivity contribution in [2.75, 3.05) is 6.54 Å². The molecular formula is C12H21NO. The van der Waals surface area contributed by atoms with Crippen LogP contribution >= 0.6 is 0 Å². The van der Waals surface area contributed by atoms with Crippen LogP contribution in [0.25, 0.3) is 0 Å². The maximum atomic E-state index is 12.2. The summed E-state index contributed by atoms with van der Waals surface area (Å²) in [6, 6.07) is 0. The Balaban J connectivity index is 2.06. The maximum absolute atomic E-state index is 12.2. The van der Waals surface area contributed by atoms with E-state index >= 15 is 0 Å². The molecule has 0 amide bonds. The van der Waals surface area contributed by atoms with Crippen molar-refractivity contribution < 1.29 is 4.79 Å². The summed E-state index contributed by atoms with van der Waals surface area (Å²) in [4.78, 5) is 12.2. The molecule has 14 heavy (non-hydrogen) atoms. The Bertz CT molecular complexity index is 247. The highest BCUT2D eigenvalue weighted by Gasteiger charge is 2.46. The van der Waals surface area contributed by atoms with Crippen LogP contribution < -0.4 is 5.73 Å². The lowest BCUT2D eigenvalue weighted by Crippen LogP contribution is -2.39. The fraction of sp³-hybridized carbons (Fsp3) is 0.917. The van der Waals surface area contributed by atoms with E-state index in [1.54, 1.807) is 0 Å². The van der Waals surface area contributed by atoms with E-state index < -0.39 is 0 Å². The van der Waals surface area contributed by atoms with Gasteiger partial charge in [-0.3, -0.25) is 4.79 Å². The first-order valence-corrected chi connectivity index (χ1v) is 5.79. The summed E-state index contributed by atoms with van der Waals surface area (Å²) in [7, 11) is 0. The zero-order valence-electron chi connectivity index (χ0n) is 9.25. The Morgan fingerprint density at radius 3 is 2.50 bits per heavy atom. The van der Waals surface area contributed by atoms with E-state index in [0.29, 0.717) is 24.2 Å². The molecule has 0 aromatic heterocycles. The maximum Gasteiger partial charge on any atom is 0.143 e. The number of fused-ring (bicyclic) bond motifs is 2. The zero-order valence-corrected chi connectivity index (χ0v) is 9.25. The molecular weight excluding hydrogens is 174 g/mol. The third-order valence-corrected chi connectivity index (χ3v) is 4.25. The van der Waals surface area contributed by atoms with Crippen molar-refractivity contribution in [1.29, 1.82) is 0 Å². The average Bonchev–Trinajstić information content (AvgIpc) is 2.77. The van der Waals surface area contributed by atoms with Crippen molar-refractivity contribution in [3.05, 3.63) is 0 Å². The highest BCUT2D eigenvalue weighted by atomic mass is 16.1. The van der Waals surface area contributed by atoms with Gasteiger partial charge in [0.25, 0.3) is 0 Å². The van der Waals surface area contributed by atoms with Crippen molar-refractivity contribution in [1.82, 2.24) is 0 Å². The molecule has 2 bridgehead atoms. The standard InChI is InChI=1S/C12H21NO/c1-12(2,7-13)11(14)10-6-8-3-4-9(10)5-8/h8-10H,3-7,13H2,1-2H3. The van der Waals surface area contributed by atoms with E-state index in [4.69, 9.17) is 5.73 Å². The molecule has 0 radical (unpaired) electrons. The fourth-order valence-corrected chi connectivity index (χ4v) is 3.17. The molecule has 2 fully saturated rings. The van der Waals surface area contributed by atoms with Gasteiger partial charge in [0.15, 0.2) is 0 Å². The molecule has 3 atom stereocenters. The van der Waals surface area contributed by atoms with Crippen molar-refractivity contribution in [2.45, 2.75) is 39.5 Å². The lowest BCUT2D eigenvalue weighted by atomic mass is 9.75. The molecule has 2 aliphatic carbocycles. The second-order valence-electron chi connectivity index (χ2n) is 5.73. The molecule has 0 aromatic carbocycles. The van der Waals surface area contributed by atoms with Crippen LogP contribution in [-0.2, 0) is 4.79 Å². The quantitative estimate of drug-likeness (QED) is 0.748. The van der Waals surface area contributed by atoms with Gasteiger partial charge in [-0.05, 0) is 31.1 Å². The number of hydrogen-bond donors (Lipinski definition) is 1. The highest BCUT2D eigenvalue weighted by molar-refractivity contribution is 5.87. The Morgan fingerprint density at radius 1 is 1.36 bits per heavy atom. The van der Waals surface area contributed by atoms with Gasteiger partial charge in [0.2, 0.25) is 0 Å². The summed E-state index contributed by atoms with van der Waals surface area (Å²) in [5, 5.41) is 0. The van der Waals surface area contributed by atoms with Crippen LogP contribution in [0.1, 0.15) is 39.5 Å². The van der Waals surface area contributed by atoms with Gasteiger partial charge in [-0.25, -0.2) is 0 Å². The summed E-state index contributed by atoms with van der Waals surface area (Å²) in [6.07, 6.45) is 5.09. The molecule has 2 rings (SSSR count). The predicted molar refractivity (Wildman–Crippen MR) is 56.8 cm³/mol. The van der Waals surface area contributed by atoms with Crippen molar-refractivity contribution in [2.24, 2.45) is 28.9 Å².